The van der Waals surface area contributed by atoms with Crippen LogP contribution in [-0.4, -0.2) is 55.2 Å². The number of hydrogen-bond donors (Lipinski definition) is 2. The SMILES string of the molecule is CCCCNC(=O)NC(=O)CN1C[C@@H](C)O[C@H](C)C1. The van der Waals surface area contributed by atoms with Gasteiger partial charge in [-0.05, 0) is 20.3 Å². The summed E-state index contributed by atoms with van der Waals surface area (Å²) in [5, 5.41) is 5.00. The molecule has 2 atom stereocenters. The number of imide groups is 1. The van der Waals surface area contributed by atoms with Crippen molar-refractivity contribution in [2.75, 3.05) is 26.2 Å². The molecule has 19 heavy (non-hydrogen) atoms. The molecule has 1 saturated heterocycles. The molecule has 0 spiro atoms. The quantitative estimate of drug-likeness (QED) is 0.723. The zero-order valence-electron chi connectivity index (χ0n) is 12.1. The molecule has 0 aromatic rings. The van der Waals surface area contributed by atoms with Crippen molar-refractivity contribution in [3.8, 4) is 0 Å². The second kappa shape index (κ2) is 8.12. The summed E-state index contributed by atoms with van der Waals surface area (Å²) in [6.07, 6.45) is 2.17. The third kappa shape index (κ3) is 6.54. The van der Waals surface area contributed by atoms with Gasteiger partial charge in [0.15, 0.2) is 0 Å². The van der Waals surface area contributed by atoms with Gasteiger partial charge in [-0.2, -0.15) is 0 Å². The standard InChI is InChI=1S/C13H25N3O3/c1-4-5-6-14-13(18)15-12(17)9-16-7-10(2)19-11(3)8-16/h10-11H,4-9H2,1-3H3,(H2,14,15,17,18)/t10-,11-/m1/s1. The highest BCUT2D eigenvalue weighted by Crippen LogP contribution is 2.09. The second-order valence-corrected chi connectivity index (χ2v) is 5.11. The monoisotopic (exact) mass is 271 g/mol. The molecule has 0 unspecified atom stereocenters. The topological polar surface area (TPSA) is 70.7 Å². The Kier molecular flexibility index (Phi) is 6.80. The zero-order chi connectivity index (χ0) is 14.3. The lowest BCUT2D eigenvalue weighted by atomic mass is 10.2. The molecule has 0 saturated carbocycles. The Morgan fingerprint density at radius 1 is 1.26 bits per heavy atom. The van der Waals surface area contributed by atoms with Crippen LogP contribution in [0.5, 0.6) is 0 Å². The van der Waals surface area contributed by atoms with E-state index < -0.39 is 6.03 Å². The number of unbranched alkanes of at least 4 members (excludes halogenated alkanes) is 1. The Labute approximate surface area is 114 Å². The van der Waals surface area contributed by atoms with Gasteiger partial charge in [0.05, 0.1) is 18.8 Å². The number of amides is 3. The van der Waals surface area contributed by atoms with E-state index in [1.807, 2.05) is 25.7 Å². The van der Waals surface area contributed by atoms with Crippen LogP contribution in [0.1, 0.15) is 33.6 Å². The lowest BCUT2D eigenvalue weighted by molar-refractivity contribution is -0.124. The van der Waals surface area contributed by atoms with Crippen LogP contribution >= 0.6 is 0 Å². The van der Waals surface area contributed by atoms with Gasteiger partial charge in [0.2, 0.25) is 5.91 Å². The van der Waals surface area contributed by atoms with Crippen molar-refractivity contribution in [2.45, 2.75) is 45.8 Å². The molecule has 1 rings (SSSR count). The summed E-state index contributed by atoms with van der Waals surface area (Å²) in [6.45, 7) is 8.28. The molecule has 110 valence electrons. The van der Waals surface area contributed by atoms with Crippen molar-refractivity contribution in [3.63, 3.8) is 0 Å². The van der Waals surface area contributed by atoms with Gasteiger partial charge in [-0.3, -0.25) is 15.0 Å². The average molecular weight is 271 g/mol. The Morgan fingerprint density at radius 2 is 1.89 bits per heavy atom. The number of morpholine rings is 1. The summed E-state index contributed by atoms with van der Waals surface area (Å²) in [6, 6.07) is -0.409. The second-order valence-electron chi connectivity index (χ2n) is 5.11. The number of nitrogens with one attached hydrogen (secondary N) is 2. The summed E-state index contributed by atoms with van der Waals surface area (Å²) in [5.41, 5.74) is 0. The number of rotatable bonds is 5. The van der Waals surface area contributed by atoms with E-state index in [1.165, 1.54) is 0 Å². The first-order chi connectivity index (χ1) is 9.01. The molecule has 6 nitrogen and oxygen atoms in total. The minimum absolute atomic E-state index is 0.120. The minimum atomic E-state index is -0.409. The van der Waals surface area contributed by atoms with Crippen LogP contribution in [0.25, 0.3) is 0 Å². The van der Waals surface area contributed by atoms with E-state index in [0.717, 1.165) is 25.9 Å². The highest BCUT2D eigenvalue weighted by atomic mass is 16.5. The van der Waals surface area contributed by atoms with Gasteiger partial charge < -0.3 is 10.1 Å². The molecule has 0 radical (unpaired) electrons. The van der Waals surface area contributed by atoms with Crippen molar-refractivity contribution in [1.29, 1.82) is 0 Å². The van der Waals surface area contributed by atoms with Gasteiger partial charge in [0.25, 0.3) is 0 Å². The normalized spacial score (nSPS) is 23.9. The average Bonchev–Trinajstić information content (AvgIpc) is 2.27. The predicted octanol–water partition coefficient (Wildman–Crippen LogP) is 0.722. The number of urea groups is 1. The van der Waals surface area contributed by atoms with Gasteiger partial charge in [0.1, 0.15) is 0 Å². The molecular formula is C13H25N3O3. The van der Waals surface area contributed by atoms with E-state index in [1.54, 1.807) is 0 Å². The van der Waals surface area contributed by atoms with Gasteiger partial charge >= 0.3 is 6.03 Å². The molecule has 1 fully saturated rings. The lowest BCUT2D eigenvalue weighted by Gasteiger charge is -2.34. The number of hydrogen-bond acceptors (Lipinski definition) is 4. The molecule has 6 heteroatoms. The molecule has 2 N–H and O–H groups in total. The molecule has 1 aliphatic heterocycles. The van der Waals surface area contributed by atoms with Crippen LogP contribution < -0.4 is 10.6 Å². The van der Waals surface area contributed by atoms with Crippen LogP contribution in [0, 0.1) is 0 Å². The number of nitrogens with zero attached hydrogens (tertiary/aromatic N) is 1. The number of carbonyl (C=O) groups excluding carboxylic acids is 2. The van der Waals surface area contributed by atoms with Crippen LogP contribution in [0.15, 0.2) is 0 Å². The van der Waals surface area contributed by atoms with E-state index in [4.69, 9.17) is 4.74 Å². The maximum atomic E-state index is 11.7. The zero-order valence-corrected chi connectivity index (χ0v) is 12.1. The highest BCUT2D eigenvalue weighted by Gasteiger charge is 2.24. The fourth-order valence-corrected chi connectivity index (χ4v) is 2.21. The van der Waals surface area contributed by atoms with Crippen LogP contribution in [0.2, 0.25) is 0 Å². The Hall–Kier alpha value is -1.14. The van der Waals surface area contributed by atoms with Crippen LogP contribution in [0.4, 0.5) is 4.79 Å². The highest BCUT2D eigenvalue weighted by molar-refractivity contribution is 5.95. The molecule has 1 aliphatic rings. The molecule has 0 bridgehead atoms. The van der Waals surface area contributed by atoms with Gasteiger partial charge in [-0.15, -0.1) is 0 Å². The fourth-order valence-electron chi connectivity index (χ4n) is 2.21. The summed E-state index contributed by atoms with van der Waals surface area (Å²) in [7, 11) is 0. The van der Waals surface area contributed by atoms with E-state index in [0.29, 0.717) is 6.54 Å². The van der Waals surface area contributed by atoms with Crippen molar-refractivity contribution in [1.82, 2.24) is 15.5 Å². The van der Waals surface area contributed by atoms with E-state index in [9.17, 15) is 9.59 Å². The van der Waals surface area contributed by atoms with E-state index >= 15 is 0 Å². The first-order valence-electron chi connectivity index (χ1n) is 6.96. The lowest BCUT2D eigenvalue weighted by Crippen LogP contribution is -2.50. The first kappa shape index (κ1) is 15.9. The molecule has 0 aromatic heterocycles. The van der Waals surface area contributed by atoms with Gasteiger partial charge in [-0.25, -0.2) is 4.79 Å². The maximum Gasteiger partial charge on any atom is 0.321 e. The summed E-state index contributed by atoms with van der Waals surface area (Å²) in [4.78, 5) is 25.1. The smallest absolute Gasteiger partial charge is 0.321 e. The third-order valence-corrected chi connectivity index (χ3v) is 2.93. The van der Waals surface area contributed by atoms with Crippen molar-refractivity contribution >= 4 is 11.9 Å². The molecular weight excluding hydrogens is 246 g/mol. The fraction of sp³-hybridized carbons (Fsp3) is 0.846. The molecule has 0 aliphatic carbocycles. The maximum absolute atomic E-state index is 11.7. The van der Waals surface area contributed by atoms with E-state index in [2.05, 4.69) is 10.6 Å². The van der Waals surface area contributed by atoms with Crippen molar-refractivity contribution in [3.05, 3.63) is 0 Å². The molecule has 3 amide bonds. The van der Waals surface area contributed by atoms with Crippen LogP contribution in [-0.2, 0) is 9.53 Å². The van der Waals surface area contributed by atoms with Crippen molar-refractivity contribution in [2.24, 2.45) is 0 Å². The summed E-state index contributed by atoms with van der Waals surface area (Å²) < 4.78 is 5.59. The van der Waals surface area contributed by atoms with Gasteiger partial charge in [-0.1, -0.05) is 13.3 Å². The largest absolute Gasteiger partial charge is 0.373 e. The van der Waals surface area contributed by atoms with E-state index in [-0.39, 0.29) is 24.7 Å². The molecule has 0 aromatic carbocycles. The predicted molar refractivity (Wildman–Crippen MR) is 72.9 cm³/mol. The van der Waals surface area contributed by atoms with Crippen LogP contribution in [0.3, 0.4) is 0 Å². The first-order valence-corrected chi connectivity index (χ1v) is 6.96. The Morgan fingerprint density at radius 3 is 2.47 bits per heavy atom. The van der Waals surface area contributed by atoms with Crippen molar-refractivity contribution < 1.29 is 14.3 Å². The Bertz CT molecular complexity index is 300. The third-order valence-electron chi connectivity index (χ3n) is 2.93. The number of carbonyl (C=O) groups is 2. The minimum Gasteiger partial charge on any atom is -0.373 e. The molecule has 1 heterocycles. The number of ether oxygens (including phenoxy) is 1. The summed E-state index contributed by atoms with van der Waals surface area (Å²) in [5.74, 6) is -0.268. The Balaban J connectivity index is 2.24. The van der Waals surface area contributed by atoms with Gasteiger partial charge in [0, 0.05) is 19.6 Å². The summed E-state index contributed by atoms with van der Waals surface area (Å²) >= 11 is 0.